The largest absolute Gasteiger partial charge is 0.479 e. The summed E-state index contributed by atoms with van der Waals surface area (Å²) < 4.78 is 0.754. The van der Waals surface area contributed by atoms with Crippen LogP contribution in [0.4, 0.5) is 5.69 Å². The van der Waals surface area contributed by atoms with Crippen molar-refractivity contribution in [2.24, 2.45) is 0 Å². The van der Waals surface area contributed by atoms with Gasteiger partial charge in [0, 0.05) is 15.2 Å². The number of halogens is 2. The summed E-state index contributed by atoms with van der Waals surface area (Å²) in [5.41, 5.74) is 1.37. The van der Waals surface area contributed by atoms with Gasteiger partial charge < -0.3 is 10.4 Å². The molecule has 0 bridgehead atoms. The van der Waals surface area contributed by atoms with Crippen molar-refractivity contribution in [3.8, 4) is 0 Å². The zero-order valence-electron chi connectivity index (χ0n) is 9.81. The first kappa shape index (κ1) is 13.9. The van der Waals surface area contributed by atoms with Crippen LogP contribution in [0.1, 0.15) is 11.6 Å². The summed E-state index contributed by atoms with van der Waals surface area (Å²) in [7, 11) is 0. The van der Waals surface area contributed by atoms with E-state index < -0.39 is 12.0 Å². The van der Waals surface area contributed by atoms with Gasteiger partial charge in [-0.15, -0.1) is 0 Å². The lowest BCUT2D eigenvalue weighted by Crippen LogP contribution is -2.20. The van der Waals surface area contributed by atoms with Crippen molar-refractivity contribution in [2.45, 2.75) is 6.04 Å². The van der Waals surface area contributed by atoms with Crippen LogP contribution in [-0.2, 0) is 4.79 Å². The number of hydrogen-bond acceptors (Lipinski definition) is 2. The Morgan fingerprint density at radius 3 is 2.37 bits per heavy atom. The standard InChI is InChI=1S/C14H11BrClNO2/c15-12-4-2-1-3-11(12)13(14(18)19)17-10-7-5-9(16)6-8-10/h1-8,13,17H,(H,18,19). The van der Waals surface area contributed by atoms with Crippen LogP contribution in [0.15, 0.2) is 53.0 Å². The Balaban J connectivity index is 2.29. The number of hydrogen-bond donors (Lipinski definition) is 2. The fourth-order valence-corrected chi connectivity index (χ4v) is 2.33. The first-order valence-corrected chi connectivity index (χ1v) is 6.74. The molecule has 0 amide bonds. The van der Waals surface area contributed by atoms with Gasteiger partial charge in [-0.05, 0) is 35.9 Å². The highest BCUT2D eigenvalue weighted by Crippen LogP contribution is 2.27. The van der Waals surface area contributed by atoms with Gasteiger partial charge in [0.2, 0.25) is 0 Å². The third-order valence-electron chi connectivity index (χ3n) is 2.62. The second-order valence-corrected chi connectivity index (χ2v) is 5.23. The van der Waals surface area contributed by atoms with Crippen LogP contribution in [0.5, 0.6) is 0 Å². The summed E-state index contributed by atoms with van der Waals surface area (Å²) in [6, 6.07) is 13.3. The van der Waals surface area contributed by atoms with Crippen molar-refractivity contribution in [3.05, 3.63) is 63.6 Å². The molecule has 2 aromatic rings. The fourth-order valence-electron chi connectivity index (χ4n) is 1.69. The van der Waals surface area contributed by atoms with Crippen LogP contribution in [0.3, 0.4) is 0 Å². The van der Waals surface area contributed by atoms with Gasteiger partial charge in [-0.25, -0.2) is 4.79 Å². The minimum absolute atomic E-state index is 0.610. The average molecular weight is 341 g/mol. The molecule has 0 radical (unpaired) electrons. The predicted molar refractivity (Wildman–Crippen MR) is 79.6 cm³/mol. The van der Waals surface area contributed by atoms with Gasteiger partial charge in [0.25, 0.3) is 0 Å². The number of carboxylic acid groups (broad SMARTS) is 1. The summed E-state index contributed by atoms with van der Waals surface area (Å²) in [6.07, 6.45) is 0. The second kappa shape index (κ2) is 6.08. The molecule has 1 atom stereocenters. The first-order valence-electron chi connectivity index (χ1n) is 5.57. The average Bonchev–Trinajstić information content (AvgIpc) is 2.39. The lowest BCUT2D eigenvalue weighted by Gasteiger charge is -2.17. The van der Waals surface area contributed by atoms with E-state index >= 15 is 0 Å². The van der Waals surface area contributed by atoms with E-state index in [0.717, 1.165) is 4.47 Å². The minimum Gasteiger partial charge on any atom is -0.479 e. The number of benzene rings is 2. The molecule has 0 saturated heterocycles. The van der Waals surface area contributed by atoms with E-state index in [-0.39, 0.29) is 0 Å². The lowest BCUT2D eigenvalue weighted by molar-refractivity contribution is -0.138. The normalized spacial score (nSPS) is 11.9. The molecule has 0 aliphatic heterocycles. The van der Waals surface area contributed by atoms with Gasteiger partial charge in [-0.3, -0.25) is 0 Å². The summed E-state index contributed by atoms with van der Waals surface area (Å²) in [6.45, 7) is 0. The van der Waals surface area contributed by atoms with Crippen molar-refractivity contribution in [2.75, 3.05) is 5.32 Å². The number of anilines is 1. The molecule has 3 nitrogen and oxygen atoms in total. The SMILES string of the molecule is O=C(O)C(Nc1ccc(Cl)cc1)c1ccccc1Br. The molecule has 2 aromatic carbocycles. The summed E-state index contributed by atoms with van der Waals surface area (Å²) in [5.74, 6) is -0.943. The lowest BCUT2D eigenvalue weighted by atomic mass is 10.1. The fraction of sp³-hybridized carbons (Fsp3) is 0.0714. The van der Waals surface area contributed by atoms with Crippen molar-refractivity contribution < 1.29 is 9.90 Å². The van der Waals surface area contributed by atoms with E-state index in [1.165, 1.54) is 0 Å². The molecular weight excluding hydrogens is 330 g/mol. The Hall–Kier alpha value is -1.52. The van der Waals surface area contributed by atoms with Crippen LogP contribution in [0.2, 0.25) is 5.02 Å². The van der Waals surface area contributed by atoms with E-state index in [4.69, 9.17) is 11.6 Å². The third kappa shape index (κ3) is 3.49. The molecule has 19 heavy (non-hydrogen) atoms. The molecule has 0 aliphatic carbocycles. The molecule has 0 spiro atoms. The molecule has 1 unspecified atom stereocenters. The highest BCUT2D eigenvalue weighted by atomic mass is 79.9. The highest BCUT2D eigenvalue weighted by Gasteiger charge is 2.21. The zero-order valence-corrected chi connectivity index (χ0v) is 12.1. The summed E-state index contributed by atoms with van der Waals surface area (Å²) in [5, 5.41) is 12.9. The molecule has 2 N–H and O–H groups in total. The topological polar surface area (TPSA) is 49.3 Å². The van der Waals surface area contributed by atoms with E-state index in [1.54, 1.807) is 36.4 Å². The van der Waals surface area contributed by atoms with Crippen LogP contribution in [0.25, 0.3) is 0 Å². The van der Waals surface area contributed by atoms with Crippen molar-refractivity contribution >= 4 is 39.2 Å². The maximum atomic E-state index is 11.4. The zero-order chi connectivity index (χ0) is 13.8. The second-order valence-electron chi connectivity index (χ2n) is 3.94. The summed E-state index contributed by atoms with van der Waals surface area (Å²) in [4.78, 5) is 11.4. The monoisotopic (exact) mass is 339 g/mol. The molecule has 2 rings (SSSR count). The van der Waals surface area contributed by atoms with E-state index in [0.29, 0.717) is 16.3 Å². The number of carbonyl (C=O) groups is 1. The van der Waals surface area contributed by atoms with E-state index in [2.05, 4.69) is 21.2 Å². The Labute approximate surface area is 124 Å². The van der Waals surface area contributed by atoms with Gasteiger partial charge in [0.05, 0.1) is 0 Å². The van der Waals surface area contributed by atoms with Crippen molar-refractivity contribution in [3.63, 3.8) is 0 Å². The molecule has 0 aliphatic rings. The van der Waals surface area contributed by atoms with Gasteiger partial charge in [0.15, 0.2) is 6.04 Å². The molecule has 98 valence electrons. The number of aliphatic carboxylic acids is 1. The molecular formula is C14H11BrClNO2. The third-order valence-corrected chi connectivity index (χ3v) is 3.59. The number of nitrogens with one attached hydrogen (secondary N) is 1. The van der Waals surface area contributed by atoms with E-state index in [1.807, 2.05) is 12.1 Å². The van der Waals surface area contributed by atoms with Crippen molar-refractivity contribution in [1.29, 1.82) is 0 Å². The van der Waals surface area contributed by atoms with Gasteiger partial charge in [-0.2, -0.15) is 0 Å². The molecule has 0 fully saturated rings. The Morgan fingerprint density at radius 2 is 1.79 bits per heavy atom. The van der Waals surface area contributed by atoms with E-state index in [9.17, 15) is 9.90 Å². The Kier molecular flexibility index (Phi) is 4.45. The molecule has 0 heterocycles. The van der Waals surface area contributed by atoms with Gasteiger partial charge in [-0.1, -0.05) is 45.7 Å². The van der Waals surface area contributed by atoms with Crippen LogP contribution in [-0.4, -0.2) is 11.1 Å². The maximum Gasteiger partial charge on any atom is 0.330 e. The molecule has 5 heteroatoms. The molecule has 0 saturated carbocycles. The predicted octanol–water partition coefficient (Wildman–Crippen LogP) is 4.34. The number of rotatable bonds is 4. The molecule has 0 aromatic heterocycles. The maximum absolute atomic E-state index is 11.4. The summed E-state index contributed by atoms with van der Waals surface area (Å²) >= 11 is 9.17. The number of carboxylic acids is 1. The quantitative estimate of drug-likeness (QED) is 0.870. The van der Waals surface area contributed by atoms with Gasteiger partial charge in [0.1, 0.15) is 0 Å². The van der Waals surface area contributed by atoms with Gasteiger partial charge >= 0.3 is 5.97 Å². The van der Waals surface area contributed by atoms with Crippen LogP contribution >= 0.6 is 27.5 Å². The van der Waals surface area contributed by atoms with Crippen LogP contribution < -0.4 is 5.32 Å². The highest BCUT2D eigenvalue weighted by molar-refractivity contribution is 9.10. The minimum atomic E-state index is -0.943. The smallest absolute Gasteiger partial charge is 0.330 e. The van der Waals surface area contributed by atoms with Crippen LogP contribution in [0, 0.1) is 0 Å². The Bertz CT molecular complexity index is 586. The Morgan fingerprint density at radius 1 is 1.16 bits per heavy atom. The van der Waals surface area contributed by atoms with Crippen molar-refractivity contribution in [1.82, 2.24) is 0 Å². The first-order chi connectivity index (χ1) is 9.08.